The summed E-state index contributed by atoms with van der Waals surface area (Å²) >= 11 is 0. The normalized spacial score (nSPS) is 37.1. The van der Waals surface area contributed by atoms with Crippen molar-refractivity contribution >= 4 is 0 Å². The number of aliphatic hydroxyl groups excluding tert-OH is 9. The first-order valence-corrected chi connectivity index (χ1v) is 42.7. The molecule has 0 amide bonds. The third kappa shape index (κ3) is 34.6. The fourth-order valence-corrected chi connectivity index (χ4v) is 19.7. The van der Waals surface area contributed by atoms with Crippen molar-refractivity contribution in [1.29, 1.82) is 0 Å². The van der Waals surface area contributed by atoms with Crippen LogP contribution in [0.1, 0.15) is 418 Å². The molecule has 18 unspecified atom stereocenters. The molecular formula is C90H180O9. The molecule has 9 heteroatoms. The minimum Gasteiger partial charge on any atom is -0.393 e. The van der Waals surface area contributed by atoms with E-state index in [9.17, 15) is 46.0 Å². The Hall–Kier alpha value is -0.360. The zero-order valence-electron chi connectivity index (χ0n) is 71.4. The zero-order valence-corrected chi connectivity index (χ0v) is 71.4. The van der Waals surface area contributed by atoms with E-state index < -0.39 is 0 Å². The molecule has 0 bridgehead atoms. The first-order valence-electron chi connectivity index (χ1n) is 42.7. The van der Waals surface area contributed by atoms with E-state index in [0.29, 0.717) is 44.8 Å². The monoisotopic (exact) mass is 1410 g/mol. The van der Waals surface area contributed by atoms with Crippen molar-refractivity contribution in [1.82, 2.24) is 0 Å². The fraction of sp³-hybridized carbons (Fsp3) is 1.00. The summed E-state index contributed by atoms with van der Waals surface area (Å²) < 4.78 is 0. The predicted molar refractivity (Wildman–Crippen MR) is 427 cm³/mol. The van der Waals surface area contributed by atoms with E-state index in [2.05, 4.69) is 187 Å². The molecule has 9 saturated carbocycles. The molecule has 0 radical (unpaired) electrons. The average Bonchev–Trinajstić information content (AvgIpc) is 0.845. The second-order valence-corrected chi connectivity index (χ2v) is 41.1. The van der Waals surface area contributed by atoms with Crippen molar-refractivity contribution < 1.29 is 46.0 Å². The maximum absolute atomic E-state index is 9.90. The molecule has 0 saturated heterocycles. The van der Waals surface area contributed by atoms with Crippen molar-refractivity contribution in [2.75, 3.05) is 0 Å². The maximum Gasteiger partial charge on any atom is 0.0619 e. The molecule has 9 aliphatic rings. The highest BCUT2D eigenvalue weighted by atomic mass is 16.3. The minimum atomic E-state index is -0.0683. The van der Waals surface area contributed by atoms with Gasteiger partial charge >= 0.3 is 0 Å². The summed E-state index contributed by atoms with van der Waals surface area (Å²) in [4.78, 5) is 0. The molecule has 9 fully saturated rings. The standard InChI is InChI=1S/9C10H20O/c1-4-8-5-9(11)7-10(2,3)6-8;1-4-8-7-10(2,3)6-5-9(8)11;1-4-8-7-9(11)5-6-10(8,2)3;1-4-8-5-6-10(2,3)7-9(8)11;1-4-8-5-6-9(11)7-10(8,2)3;1-4-8-5-6-10(2,3)9(11)7-8;1-4-8-5-6-9(11)10(2,3)7-8;1-4-8-6-5-7-10(2,3)9(8)11;1-4-8-6-5-7-9(11)10(8,2)3/h9*8-9,11H,4-7H2,1-3H3. The van der Waals surface area contributed by atoms with Crippen LogP contribution in [-0.4, -0.2) is 101 Å². The van der Waals surface area contributed by atoms with Crippen LogP contribution in [0.2, 0.25) is 0 Å². The van der Waals surface area contributed by atoms with Crippen molar-refractivity contribution in [3.05, 3.63) is 0 Å². The zero-order chi connectivity index (χ0) is 76.3. The van der Waals surface area contributed by atoms with Crippen molar-refractivity contribution in [2.24, 2.45) is 102 Å². The number of aliphatic hydroxyl groups is 9. The Labute approximate surface area is 617 Å². The molecule has 9 rings (SSSR count). The lowest BCUT2D eigenvalue weighted by Crippen LogP contribution is -2.39. The second kappa shape index (κ2) is 44.2. The Morgan fingerprint density at radius 1 is 0.253 bits per heavy atom. The van der Waals surface area contributed by atoms with Gasteiger partial charge in [0.2, 0.25) is 0 Å². The van der Waals surface area contributed by atoms with Gasteiger partial charge in [-0.2, -0.15) is 0 Å². The van der Waals surface area contributed by atoms with Crippen molar-refractivity contribution in [3.63, 3.8) is 0 Å². The minimum absolute atomic E-state index is 0.0203. The van der Waals surface area contributed by atoms with E-state index in [4.69, 9.17) is 0 Å². The third-order valence-electron chi connectivity index (χ3n) is 28.3. The Balaban J connectivity index is 0.000000557. The van der Waals surface area contributed by atoms with Crippen LogP contribution in [0, 0.1) is 102 Å². The molecule has 99 heavy (non-hydrogen) atoms. The lowest BCUT2D eigenvalue weighted by molar-refractivity contribution is -0.0332. The number of hydrogen-bond acceptors (Lipinski definition) is 9. The summed E-state index contributed by atoms with van der Waals surface area (Å²) in [7, 11) is 0. The van der Waals surface area contributed by atoms with Crippen LogP contribution in [0.15, 0.2) is 0 Å². The highest BCUT2D eigenvalue weighted by Crippen LogP contribution is 2.48. The van der Waals surface area contributed by atoms with Crippen LogP contribution in [0.4, 0.5) is 0 Å². The van der Waals surface area contributed by atoms with Crippen LogP contribution in [-0.2, 0) is 0 Å². The number of hydrogen-bond donors (Lipinski definition) is 9. The van der Waals surface area contributed by atoms with E-state index in [0.717, 1.165) is 125 Å². The molecule has 9 N–H and O–H groups in total. The Bertz CT molecular complexity index is 2060. The molecule has 0 spiro atoms. The molecule has 594 valence electrons. The summed E-state index contributed by atoms with van der Waals surface area (Å²) in [5.41, 5.74) is 2.72. The van der Waals surface area contributed by atoms with E-state index in [-0.39, 0.29) is 76.6 Å². The lowest BCUT2D eigenvalue weighted by atomic mass is 9.66. The second-order valence-electron chi connectivity index (χ2n) is 41.1. The third-order valence-corrected chi connectivity index (χ3v) is 28.3. The van der Waals surface area contributed by atoms with Crippen molar-refractivity contribution in [2.45, 2.75) is 473 Å². The summed E-state index contributed by atoms with van der Waals surface area (Å²) in [5.74, 6) is 6.35. The smallest absolute Gasteiger partial charge is 0.0619 e. The Morgan fingerprint density at radius 3 is 1.25 bits per heavy atom. The first kappa shape index (κ1) is 96.7. The van der Waals surface area contributed by atoms with Gasteiger partial charge in [-0.25, -0.2) is 0 Å². The van der Waals surface area contributed by atoms with Gasteiger partial charge < -0.3 is 46.0 Å². The predicted octanol–water partition coefficient (Wildman–Crippen LogP) is 23.3. The molecule has 0 aromatic carbocycles. The van der Waals surface area contributed by atoms with Crippen LogP contribution < -0.4 is 0 Å². The topological polar surface area (TPSA) is 182 Å². The lowest BCUT2D eigenvalue weighted by Gasteiger charge is -2.42. The van der Waals surface area contributed by atoms with Gasteiger partial charge in [0, 0.05) is 0 Å². The molecule has 9 nitrogen and oxygen atoms in total. The van der Waals surface area contributed by atoms with Gasteiger partial charge in [0.15, 0.2) is 0 Å². The van der Waals surface area contributed by atoms with E-state index in [1.54, 1.807) is 0 Å². The quantitative estimate of drug-likeness (QED) is 0.109. The van der Waals surface area contributed by atoms with Gasteiger partial charge in [-0.15, -0.1) is 0 Å². The number of rotatable bonds is 9. The van der Waals surface area contributed by atoms with Gasteiger partial charge in [0.05, 0.1) is 54.9 Å². The summed E-state index contributed by atoms with van der Waals surface area (Å²) in [6, 6.07) is 0. The summed E-state index contributed by atoms with van der Waals surface area (Å²) in [5, 5.41) is 86.8. The Kier molecular flexibility index (Phi) is 43.1. The van der Waals surface area contributed by atoms with Crippen LogP contribution in [0.5, 0.6) is 0 Å². The summed E-state index contributed by atoms with van der Waals surface area (Å²) in [6.07, 6.45) is 41.2. The molecule has 9 aliphatic carbocycles. The van der Waals surface area contributed by atoms with Crippen LogP contribution in [0.3, 0.4) is 0 Å². The van der Waals surface area contributed by atoms with Crippen LogP contribution >= 0.6 is 0 Å². The molecule has 18 atom stereocenters. The van der Waals surface area contributed by atoms with Crippen molar-refractivity contribution in [3.8, 4) is 0 Å². The Morgan fingerprint density at radius 2 is 0.798 bits per heavy atom. The van der Waals surface area contributed by atoms with Gasteiger partial charge in [0.1, 0.15) is 0 Å². The highest BCUT2D eigenvalue weighted by molar-refractivity contribution is 4.93. The van der Waals surface area contributed by atoms with E-state index >= 15 is 0 Å². The van der Waals surface area contributed by atoms with E-state index in [1.165, 1.54) is 141 Å². The van der Waals surface area contributed by atoms with Gasteiger partial charge in [-0.3, -0.25) is 0 Å². The molecule has 0 aromatic heterocycles. The van der Waals surface area contributed by atoms with Gasteiger partial charge in [0.25, 0.3) is 0 Å². The maximum atomic E-state index is 9.90. The molecule has 0 aromatic rings. The molecule has 0 aliphatic heterocycles. The van der Waals surface area contributed by atoms with Crippen LogP contribution in [0.25, 0.3) is 0 Å². The van der Waals surface area contributed by atoms with Gasteiger partial charge in [-0.1, -0.05) is 258 Å². The largest absolute Gasteiger partial charge is 0.393 e. The fourth-order valence-electron chi connectivity index (χ4n) is 19.7. The van der Waals surface area contributed by atoms with E-state index in [1.807, 2.05) is 0 Å². The average molecular weight is 1410 g/mol. The molecular weight excluding hydrogens is 1220 g/mol. The first-order chi connectivity index (χ1) is 45.5. The summed E-state index contributed by atoms with van der Waals surface area (Å²) in [6.45, 7) is 60.2. The van der Waals surface area contributed by atoms with Gasteiger partial charge in [-0.05, 0) is 263 Å². The molecule has 0 heterocycles. The SMILES string of the molecule is CCC1CC(C)(C)CCC1O.CCC1CC(O)CC(C)(C)C1.CCC1CC(O)CCC1(C)C.CCC1CCC(C)(C)C(O)C1.CCC1CCC(C)(C)CC1O.CCC1CCC(O)C(C)(C)C1.CCC1CCC(O)CC1(C)C.CCC1CCCC(C)(C)C1O.CCC1CCCC(O)C1(C)C. The highest BCUT2D eigenvalue weighted by Gasteiger charge is 2.42.